The van der Waals surface area contributed by atoms with Gasteiger partial charge in [-0.05, 0) is 30.7 Å². The first-order valence-corrected chi connectivity index (χ1v) is 10.4. The molecule has 11 nitrogen and oxygen atoms in total. The molecule has 1 aromatic rings. The highest BCUT2D eigenvalue weighted by molar-refractivity contribution is 5.96. The van der Waals surface area contributed by atoms with Crippen LogP contribution in [0.3, 0.4) is 0 Å². The summed E-state index contributed by atoms with van der Waals surface area (Å²) >= 11 is 0. The highest BCUT2D eigenvalue weighted by atomic mass is 19.4. The zero-order chi connectivity index (χ0) is 29.1. The van der Waals surface area contributed by atoms with Gasteiger partial charge >= 0.3 is 24.7 Å². The smallest absolute Gasteiger partial charge is 0.475 e. The molecule has 0 saturated carbocycles. The van der Waals surface area contributed by atoms with E-state index in [0.717, 1.165) is 19.1 Å². The van der Waals surface area contributed by atoms with Gasteiger partial charge in [0.2, 0.25) is 12.4 Å². The molecule has 212 valence electrons. The van der Waals surface area contributed by atoms with Crippen molar-refractivity contribution in [1.82, 2.24) is 0 Å². The molecule has 17 heteroatoms. The van der Waals surface area contributed by atoms with Crippen molar-refractivity contribution in [2.75, 3.05) is 13.2 Å². The van der Waals surface area contributed by atoms with Crippen molar-refractivity contribution in [3.63, 3.8) is 0 Å². The van der Waals surface area contributed by atoms with Crippen LogP contribution in [-0.4, -0.2) is 55.4 Å². The molecule has 2 atom stereocenters. The molecule has 0 bridgehead atoms. The number of carbonyl (C=O) groups is 2. The molecule has 0 aliphatic carbocycles. The molecule has 2 rings (SSSR count). The first-order valence-electron chi connectivity index (χ1n) is 10.4. The first kappa shape index (κ1) is 30.3. The maximum absolute atomic E-state index is 13.6. The third-order valence-electron chi connectivity index (χ3n) is 4.55. The normalized spacial score (nSPS) is 16.3. The van der Waals surface area contributed by atoms with Crippen LogP contribution in [0, 0.1) is 22.5 Å². The summed E-state index contributed by atoms with van der Waals surface area (Å²) in [5, 5.41) is 9.22. The molecule has 0 N–H and O–H groups in total. The summed E-state index contributed by atoms with van der Waals surface area (Å²) in [5.41, 5.74) is -2.64. The SMILES string of the molecule is Cc1cc(OC(F)(F)F)cc2c1OC(C(F)(F)F)C(C(=O)OC(C)OC(=O)OCC(C)(C)CO[N+](=O)[O-])=C2. The largest absolute Gasteiger partial charge is 0.573 e. The quantitative estimate of drug-likeness (QED) is 0.135. The second kappa shape index (κ2) is 11.2. The van der Waals surface area contributed by atoms with Crippen LogP contribution in [0.1, 0.15) is 31.9 Å². The lowest BCUT2D eigenvalue weighted by Gasteiger charge is -2.29. The second-order valence-electron chi connectivity index (χ2n) is 8.64. The zero-order valence-corrected chi connectivity index (χ0v) is 20.1. The number of carbonyl (C=O) groups excluding carboxylic acids is 2. The Hall–Kier alpha value is -3.92. The van der Waals surface area contributed by atoms with Gasteiger partial charge in [0, 0.05) is 17.9 Å². The van der Waals surface area contributed by atoms with Gasteiger partial charge in [-0.15, -0.1) is 23.3 Å². The minimum absolute atomic E-state index is 0.134. The molecule has 1 aliphatic heterocycles. The maximum atomic E-state index is 13.6. The average Bonchev–Trinajstić information content (AvgIpc) is 2.73. The molecule has 1 aromatic carbocycles. The lowest BCUT2D eigenvalue weighted by atomic mass is 9.97. The Balaban J connectivity index is 2.16. The van der Waals surface area contributed by atoms with Gasteiger partial charge in [-0.2, -0.15) is 13.2 Å². The van der Waals surface area contributed by atoms with Crippen molar-refractivity contribution in [2.24, 2.45) is 5.41 Å². The minimum Gasteiger partial charge on any atom is -0.475 e. The molecule has 0 spiro atoms. The van der Waals surface area contributed by atoms with E-state index in [9.17, 15) is 46.0 Å². The van der Waals surface area contributed by atoms with E-state index in [1.165, 1.54) is 20.8 Å². The summed E-state index contributed by atoms with van der Waals surface area (Å²) < 4.78 is 102. The molecule has 0 fully saturated rings. The van der Waals surface area contributed by atoms with Crippen molar-refractivity contribution >= 4 is 18.2 Å². The van der Waals surface area contributed by atoms with Gasteiger partial charge in [0.25, 0.3) is 5.09 Å². The van der Waals surface area contributed by atoms with E-state index in [1.807, 2.05) is 0 Å². The number of alkyl halides is 6. The first-order chi connectivity index (χ1) is 17.3. The Morgan fingerprint density at radius 1 is 1.11 bits per heavy atom. The number of ether oxygens (including phenoxy) is 5. The number of fused-ring (bicyclic) bond motifs is 1. The van der Waals surface area contributed by atoms with E-state index in [2.05, 4.69) is 14.3 Å². The second-order valence-corrected chi connectivity index (χ2v) is 8.64. The van der Waals surface area contributed by atoms with Crippen LogP contribution in [0.2, 0.25) is 0 Å². The number of hydrogen-bond acceptors (Lipinski definition) is 10. The number of nitrogens with zero attached hydrogens (tertiary/aromatic N) is 1. The summed E-state index contributed by atoms with van der Waals surface area (Å²) in [6.45, 7) is 4.17. The number of esters is 1. The Morgan fingerprint density at radius 2 is 1.74 bits per heavy atom. The summed E-state index contributed by atoms with van der Waals surface area (Å²) in [5.74, 6) is -2.86. The van der Waals surface area contributed by atoms with E-state index >= 15 is 0 Å². The van der Waals surface area contributed by atoms with Gasteiger partial charge in [-0.25, -0.2) is 9.59 Å². The van der Waals surface area contributed by atoms with Crippen LogP contribution >= 0.6 is 0 Å². The van der Waals surface area contributed by atoms with Crippen LogP contribution in [0.5, 0.6) is 11.5 Å². The molecule has 1 aliphatic rings. The van der Waals surface area contributed by atoms with Gasteiger partial charge < -0.3 is 28.5 Å². The predicted octanol–water partition coefficient (Wildman–Crippen LogP) is 4.88. The number of hydrogen-bond donors (Lipinski definition) is 0. The van der Waals surface area contributed by atoms with Gasteiger partial charge in [-0.3, -0.25) is 0 Å². The average molecular weight is 561 g/mol. The van der Waals surface area contributed by atoms with Crippen molar-refractivity contribution in [1.29, 1.82) is 0 Å². The summed E-state index contributed by atoms with van der Waals surface area (Å²) in [6.07, 6.45) is -15.7. The van der Waals surface area contributed by atoms with Crippen LogP contribution in [0.4, 0.5) is 31.1 Å². The molecule has 1 heterocycles. The van der Waals surface area contributed by atoms with Crippen molar-refractivity contribution in [3.8, 4) is 11.5 Å². The Labute approximate surface area is 210 Å². The number of aryl methyl sites for hydroxylation is 1. The molecular weight excluding hydrogens is 540 g/mol. The van der Waals surface area contributed by atoms with Gasteiger partial charge in [0.1, 0.15) is 24.7 Å². The molecule has 0 aromatic heterocycles. The lowest BCUT2D eigenvalue weighted by Crippen LogP contribution is -2.41. The van der Waals surface area contributed by atoms with Crippen LogP contribution in [-0.2, 0) is 23.8 Å². The minimum atomic E-state index is -5.14. The molecule has 2 unspecified atom stereocenters. The van der Waals surface area contributed by atoms with Crippen molar-refractivity contribution in [2.45, 2.75) is 52.6 Å². The Morgan fingerprint density at radius 3 is 2.29 bits per heavy atom. The standard InChI is InChI=1S/C21H21F6NO10/c1-10-5-13(38-21(25,26)27)6-12-7-14(16(20(22,23)24)37-15(10)12)17(29)35-11(2)36-18(30)33-8-19(3,4)9-34-28(31)32/h5-7,11,16H,8-9H2,1-4H3. The zero-order valence-electron chi connectivity index (χ0n) is 20.1. The van der Waals surface area contributed by atoms with Crippen molar-refractivity contribution < 1.29 is 69.5 Å². The van der Waals surface area contributed by atoms with E-state index in [0.29, 0.717) is 6.08 Å². The highest BCUT2D eigenvalue weighted by Crippen LogP contribution is 2.41. The fourth-order valence-corrected chi connectivity index (χ4v) is 3.00. The van der Waals surface area contributed by atoms with E-state index in [-0.39, 0.29) is 11.1 Å². The fourth-order valence-electron chi connectivity index (χ4n) is 3.00. The van der Waals surface area contributed by atoms with Crippen LogP contribution < -0.4 is 9.47 Å². The summed E-state index contributed by atoms with van der Waals surface area (Å²) in [4.78, 5) is 38.8. The lowest BCUT2D eigenvalue weighted by molar-refractivity contribution is -0.760. The third kappa shape index (κ3) is 8.88. The number of halogens is 6. The summed E-state index contributed by atoms with van der Waals surface area (Å²) in [7, 11) is 0. The monoisotopic (exact) mass is 561 g/mol. The fraction of sp³-hybridized carbons (Fsp3) is 0.524. The van der Waals surface area contributed by atoms with Gasteiger partial charge in [0.05, 0.1) is 5.57 Å². The van der Waals surface area contributed by atoms with Gasteiger partial charge in [0.15, 0.2) is 0 Å². The predicted molar refractivity (Wildman–Crippen MR) is 111 cm³/mol. The van der Waals surface area contributed by atoms with Crippen molar-refractivity contribution in [3.05, 3.63) is 38.9 Å². The van der Waals surface area contributed by atoms with E-state index in [1.54, 1.807) is 0 Å². The highest BCUT2D eigenvalue weighted by Gasteiger charge is 2.49. The Kier molecular flexibility index (Phi) is 8.95. The van der Waals surface area contributed by atoms with Crippen LogP contribution in [0.15, 0.2) is 17.7 Å². The Bertz CT molecular complexity index is 1100. The molecule has 0 amide bonds. The molecule has 0 saturated heterocycles. The number of rotatable bonds is 9. The van der Waals surface area contributed by atoms with E-state index < -0.39 is 77.8 Å². The molecule has 0 radical (unpaired) electrons. The summed E-state index contributed by atoms with van der Waals surface area (Å²) in [6, 6.07) is 1.53. The topological polar surface area (TPSA) is 133 Å². The van der Waals surface area contributed by atoms with E-state index in [4.69, 9.17) is 14.2 Å². The molecular formula is C21H21F6NO10. The maximum Gasteiger partial charge on any atom is 0.573 e. The molecule has 38 heavy (non-hydrogen) atoms. The van der Waals surface area contributed by atoms with Gasteiger partial charge in [-0.1, -0.05) is 13.8 Å². The third-order valence-corrected chi connectivity index (χ3v) is 4.55. The van der Waals surface area contributed by atoms with Crippen LogP contribution in [0.25, 0.3) is 6.08 Å². The number of benzene rings is 1.